The number of nitrogens with zero attached hydrogens (tertiary/aromatic N) is 1. The first-order chi connectivity index (χ1) is 14.5. The van der Waals surface area contributed by atoms with E-state index in [2.05, 4.69) is 15.9 Å². The third-order valence-electron chi connectivity index (χ3n) is 2.09. The van der Waals surface area contributed by atoms with Gasteiger partial charge in [0.2, 0.25) is 0 Å². The van der Waals surface area contributed by atoms with Crippen LogP contribution in [0.25, 0.3) is 0 Å². The van der Waals surface area contributed by atoms with E-state index in [1.165, 1.54) is 0 Å². The Balaban J connectivity index is -0.000000126. The van der Waals surface area contributed by atoms with Gasteiger partial charge in [-0.3, -0.25) is 0 Å². The van der Waals surface area contributed by atoms with Crippen LogP contribution in [-0.4, -0.2) is 31.0 Å². The molecular formula is C23H40BrClN2O5Ti. The average molecular weight is 588 g/mol. The van der Waals surface area contributed by atoms with E-state index in [4.69, 9.17) is 27.3 Å². The van der Waals surface area contributed by atoms with Crippen molar-refractivity contribution in [3.8, 4) is 11.8 Å². The molecule has 1 aromatic carbocycles. The van der Waals surface area contributed by atoms with Crippen LogP contribution in [0.4, 0.5) is 0 Å². The molecule has 1 rings (SSSR count). The number of benzene rings is 1. The number of rotatable bonds is 3. The van der Waals surface area contributed by atoms with Gasteiger partial charge in [0.25, 0.3) is 0 Å². The first-order valence-electron chi connectivity index (χ1n) is 10.4. The van der Waals surface area contributed by atoms with E-state index < -0.39 is 24.4 Å². The normalized spacial score (nSPS) is 10.2. The van der Waals surface area contributed by atoms with Crippen LogP contribution in [0.3, 0.4) is 0 Å². The summed E-state index contributed by atoms with van der Waals surface area (Å²) >= 11 is 9.31. The maximum Gasteiger partial charge on any atom is 4.00 e. The topological polar surface area (TPSA) is 151 Å². The molecule has 0 spiro atoms. The number of halogens is 2. The Bertz CT molecular complexity index is 591. The van der Waals surface area contributed by atoms with Crippen molar-refractivity contribution in [3.63, 3.8) is 0 Å². The minimum Gasteiger partial charge on any atom is -0.852 e. The van der Waals surface area contributed by atoms with Crippen LogP contribution in [0.1, 0.15) is 86.4 Å². The third kappa shape index (κ3) is 34.0. The van der Waals surface area contributed by atoms with E-state index in [-0.39, 0.29) is 27.8 Å². The van der Waals surface area contributed by atoms with Crippen molar-refractivity contribution in [1.82, 2.24) is 0 Å². The molecule has 2 N–H and O–H groups in total. The van der Waals surface area contributed by atoms with Crippen molar-refractivity contribution in [2.75, 3.05) is 6.61 Å². The molecular weight excluding hydrogens is 547 g/mol. The largest absolute Gasteiger partial charge is 4.00 e. The Morgan fingerprint density at radius 1 is 0.939 bits per heavy atom. The van der Waals surface area contributed by atoms with Crippen LogP contribution >= 0.6 is 27.5 Å². The molecule has 0 aromatic heterocycles. The van der Waals surface area contributed by atoms with E-state index in [1.54, 1.807) is 61.5 Å². The van der Waals surface area contributed by atoms with Gasteiger partial charge < -0.3 is 30.9 Å². The molecule has 0 aliphatic carbocycles. The van der Waals surface area contributed by atoms with Crippen molar-refractivity contribution in [3.05, 3.63) is 26.7 Å². The van der Waals surface area contributed by atoms with Gasteiger partial charge in [-0.15, -0.1) is 24.4 Å². The molecule has 0 heterocycles. The Hall–Kier alpha value is -0.206. The van der Waals surface area contributed by atoms with Gasteiger partial charge in [-0.2, -0.15) is 5.26 Å². The Labute approximate surface area is 229 Å². The fourth-order valence-electron chi connectivity index (χ4n) is 1.35. The smallest absolute Gasteiger partial charge is 0.852 e. The second kappa shape index (κ2) is 26.4. The van der Waals surface area contributed by atoms with E-state index in [0.717, 1.165) is 5.56 Å². The number of hydrogen-bond acceptors (Lipinski definition) is 7. The second-order valence-electron chi connectivity index (χ2n) is 7.49. The number of ether oxygens (including phenoxy) is 1. The summed E-state index contributed by atoms with van der Waals surface area (Å²) in [4.78, 5) is 0. The summed E-state index contributed by atoms with van der Waals surface area (Å²) in [7, 11) is 0. The first kappa shape index (κ1) is 42.9. The van der Waals surface area contributed by atoms with Crippen LogP contribution in [-0.2, 0) is 21.7 Å². The molecule has 1 unspecified atom stereocenters. The van der Waals surface area contributed by atoms with Gasteiger partial charge in [0.1, 0.15) is 11.8 Å². The molecule has 0 saturated heterocycles. The minimum absolute atomic E-state index is 0. The van der Waals surface area contributed by atoms with Crippen LogP contribution in [0.15, 0.2) is 10.5 Å². The van der Waals surface area contributed by atoms with Gasteiger partial charge in [-0.05, 0) is 35.8 Å². The molecule has 0 fully saturated rings. The fourth-order valence-corrected chi connectivity index (χ4v) is 2.37. The minimum atomic E-state index is -0.417. The first-order valence-corrected chi connectivity index (χ1v) is 11.6. The summed E-state index contributed by atoms with van der Waals surface area (Å²) in [5.74, 6) is 0.596. The van der Waals surface area contributed by atoms with E-state index in [1.807, 2.05) is 19.9 Å². The van der Waals surface area contributed by atoms with Gasteiger partial charge in [0.15, 0.2) is 0 Å². The molecule has 10 heteroatoms. The van der Waals surface area contributed by atoms with Crippen LogP contribution in [0.2, 0.25) is 5.02 Å². The molecule has 0 bridgehead atoms. The summed E-state index contributed by atoms with van der Waals surface area (Å²) in [5.41, 5.74) is 6.99. The SMILES string of the molecule is CC(C)[O-].CC(C)[O-].CC(C)[O-].CC(C)[O-].CCOc1c(C(C)N)cc(Cl)c(C#N)c1Br.[Ti+4]. The molecule has 190 valence electrons. The summed E-state index contributed by atoms with van der Waals surface area (Å²) in [5, 5.41) is 47.5. The number of hydrogen-bond donors (Lipinski definition) is 1. The van der Waals surface area contributed by atoms with Crippen molar-refractivity contribution < 1.29 is 46.9 Å². The van der Waals surface area contributed by atoms with Gasteiger partial charge in [0.05, 0.1) is 21.7 Å². The van der Waals surface area contributed by atoms with Crippen molar-refractivity contribution >= 4 is 27.5 Å². The average Bonchev–Trinajstić information content (AvgIpc) is 2.55. The van der Waals surface area contributed by atoms with Crippen molar-refractivity contribution in [2.45, 2.75) is 99.7 Å². The van der Waals surface area contributed by atoms with E-state index >= 15 is 0 Å². The van der Waals surface area contributed by atoms with Crippen molar-refractivity contribution in [1.29, 1.82) is 5.26 Å². The predicted molar refractivity (Wildman–Crippen MR) is 128 cm³/mol. The van der Waals surface area contributed by atoms with Crippen LogP contribution in [0.5, 0.6) is 5.75 Å². The summed E-state index contributed by atoms with van der Waals surface area (Å²) in [6.45, 7) is 17.1. The monoisotopic (exact) mass is 586 g/mol. The number of nitrogens with two attached hydrogens (primary N) is 1. The molecule has 0 radical (unpaired) electrons. The predicted octanol–water partition coefficient (Wildman–Crippen LogP) is 2.41. The van der Waals surface area contributed by atoms with Gasteiger partial charge >= 0.3 is 21.7 Å². The molecule has 0 saturated carbocycles. The zero-order valence-electron chi connectivity index (χ0n) is 21.5. The maximum atomic E-state index is 9.53. The second-order valence-corrected chi connectivity index (χ2v) is 8.69. The molecule has 1 atom stereocenters. The van der Waals surface area contributed by atoms with E-state index in [0.29, 0.717) is 27.4 Å². The standard InChI is InChI=1S/C11H12BrClN2O.4C3H7O.Ti/c1-3-16-11-7(6(2)15)4-9(13)8(5-14)10(11)12;4*1-3(2)4;/h4,6H,3,15H2,1-2H3;4*3H,1-2H3;/q;4*-1;+4. The van der Waals surface area contributed by atoms with E-state index in [9.17, 15) is 20.4 Å². The summed E-state index contributed by atoms with van der Waals surface area (Å²) in [6.07, 6.45) is -1.67. The molecule has 0 aliphatic heterocycles. The van der Waals surface area contributed by atoms with Crippen LogP contribution in [0, 0.1) is 11.3 Å². The molecule has 0 amide bonds. The zero-order valence-corrected chi connectivity index (χ0v) is 25.4. The molecule has 7 nitrogen and oxygen atoms in total. The maximum absolute atomic E-state index is 9.53. The van der Waals surface area contributed by atoms with Gasteiger partial charge in [0, 0.05) is 11.6 Å². The molecule has 33 heavy (non-hydrogen) atoms. The van der Waals surface area contributed by atoms with Crippen LogP contribution < -0.4 is 30.9 Å². The van der Waals surface area contributed by atoms with Crippen molar-refractivity contribution in [2.24, 2.45) is 5.73 Å². The Morgan fingerprint density at radius 3 is 1.45 bits per heavy atom. The fraction of sp³-hybridized carbons (Fsp3) is 0.696. The van der Waals surface area contributed by atoms with Gasteiger partial charge in [-0.25, -0.2) is 0 Å². The molecule has 1 aromatic rings. The third-order valence-corrected chi connectivity index (χ3v) is 3.15. The Kier molecular flexibility index (Phi) is 34.3. The zero-order chi connectivity index (χ0) is 26.6. The summed E-state index contributed by atoms with van der Waals surface area (Å²) < 4.78 is 6.06. The Morgan fingerprint density at radius 2 is 1.24 bits per heavy atom. The number of nitriles is 1. The quantitative estimate of drug-likeness (QED) is 0.533. The summed E-state index contributed by atoms with van der Waals surface area (Å²) in [6, 6.07) is 3.50. The van der Waals surface area contributed by atoms with Gasteiger partial charge in [-0.1, -0.05) is 67.0 Å². The molecule has 0 aliphatic rings.